The van der Waals surface area contributed by atoms with Crippen LogP contribution in [0.25, 0.3) is 10.9 Å². The number of halogens is 2. The molecule has 0 spiro atoms. The smallest absolute Gasteiger partial charge is 0.277 e. The molecule has 0 saturated carbocycles. The van der Waals surface area contributed by atoms with Crippen LogP contribution in [0.2, 0.25) is 0 Å². The van der Waals surface area contributed by atoms with E-state index in [2.05, 4.69) is 21.0 Å². The van der Waals surface area contributed by atoms with Crippen molar-refractivity contribution in [3.63, 3.8) is 0 Å². The second-order valence-corrected chi connectivity index (χ2v) is 6.50. The molecule has 2 aromatic carbocycles. The SMILES string of the molecule is Cn1nc2cc(Br)ccc2c1C(=O)N1CCc2cccc(F)c21. The molecule has 1 aliphatic rings. The molecule has 0 unspecified atom stereocenters. The van der Waals surface area contributed by atoms with E-state index < -0.39 is 0 Å². The number of carbonyl (C=O) groups is 1. The first-order chi connectivity index (χ1) is 11.1. The van der Waals surface area contributed by atoms with Crippen LogP contribution in [0.1, 0.15) is 16.1 Å². The zero-order chi connectivity index (χ0) is 16.1. The minimum Gasteiger partial charge on any atom is -0.304 e. The summed E-state index contributed by atoms with van der Waals surface area (Å²) in [5.74, 6) is -0.580. The quantitative estimate of drug-likeness (QED) is 0.652. The predicted octanol–water partition coefficient (Wildman–Crippen LogP) is 3.68. The molecule has 1 aliphatic heterocycles. The van der Waals surface area contributed by atoms with Crippen molar-refractivity contribution in [3.05, 3.63) is 57.9 Å². The van der Waals surface area contributed by atoms with Crippen molar-refractivity contribution in [2.45, 2.75) is 6.42 Å². The van der Waals surface area contributed by atoms with E-state index in [4.69, 9.17) is 0 Å². The van der Waals surface area contributed by atoms with Gasteiger partial charge in [-0.05, 0) is 36.2 Å². The van der Waals surface area contributed by atoms with Crippen LogP contribution in [0, 0.1) is 5.82 Å². The molecule has 116 valence electrons. The standard InChI is InChI=1S/C17H13BrFN3O/c1-21-16(12-6-5-11(18)9-14(12)20-21)17(23)22-8-7-10-3-2-4-13(19)15(10)22/h2-6,9H,7-8H2,1H3. The third-order valence-electron chi connectivity index (χ3n) is 4.19. The van der Waals surface area contributed by atoms with E-state index >= 15 is 0 Å². The molecule has 3 aromatic rings. The Hall–Kier alpha value is -2.21. The maximum Gasteiger partial charge on any atom is 0.277 e. The van der Waals surface area contributed by atoms with Crippen molar-refractivity contribution in [2.75, 3.05) is 11.4 Å². The lowest BCUT2D eigenvalue weighted by atomic mass is 10.1. The van der Waals surface area contributed by atoms with Gasteiger partial charge in [-0.25, -0.2) is 4.39 Å². The lowest BCUT2D eigenvalue weighted by molar-refractivity contribution is 0.0981. The molecular formula is C17H13BrFN3O. The fraction of sp³-hybridized carbons (Fsp3) is 0.176. The van der Waals surface area contributed by atoms with Crippen LogP contribution >= 0.6 is 15.9 Å². The van der Waals surface area contributed by atoms with Crippen molar-refractivity contribution in [2.24, 2.45) is 7.05 Å². The van der Waals surface area contributed by atoms with Gasteiger partial charge in [-0.3, -0.25) is 9.48 Å². The molecule has 1 aromatic heterocycles. The van der Waals surface area contributed by atoms with Gasteiger partial charge in [0.2, 0.25) is 0 Å². The Kier molecular flexibility index (Phi) is 3.23. The summed E-state index contributed by atoms with van der Waals surface area (Å²) in [5.41, 5.74) is 2.47. The number of hydrogen-bond donors (Lipinski definition) is 0. The first kappa shape index (κ1) is 14.4. The Morgan fingerprint density at radius 3 is 2.96 bits per heavy atom. The van der Waals surface area contributed by atoms with Crippen molar-refractivity contribution >= 4 is 38.4 Å². The summed E-state index contributed by atoms with van der Waals surface area (Å²) in [6.45, 7) is 0.484. The zero-order valence-corrected chi connectivity index (χ0v) is 14.0. The average Bonchev–Trinajstić information content (AvgIpc) is 3.07. The molecule has 4 rings (SSSR count). The minimum absolute atomic E-state index is 0.221. The number of rotatable bonds is 1. The van der Waals surface area contributed by atoms with E-state index in [9.17, 15) is 9.18 Å². The average molecular weight is 374 g/mol. The van der Waals surface area contributed by atoms with Crippen molar-refractivity contribution in [1.82, 2.24) is 9.78 Å². The highest BCUT2D eigenvalue weighted by atomic mass is 79.9. The molecular weight excluding hydrogens is 361 g/mol. The molecule has 0 fully saturated rings. The lowest BCUT2D eigenvalue weighted by Crippen LogP contribution is -2.31. The highest BCUT2D eigenvalue weighted by Gasteiger charge is 2.31. The largest absolute Gasteiger partial charge is 0.304 e. The zero-order valence-electron chi connectivity index (χ0n) is 12.4. The molecule has 0 radical (unpaired) electrons. The number of carbonyl (C=O) groups excluding carboxylic acids is 1. The van der Waals surface area contributed by atoms with E-state index in [0.29, 0.717) is 24.3 Å². The number of fused-ring (bicyclic) bond motifs is 2. The van der Waals surface area contributed by atoms with Gasteiger partial charge in [0.15, 0.2) is 0 Å². The normalized spacial score (nSPS) is 13.6. The highest BCUT2D eigenvalue weighted by Crippen LogP contribution is 2.33. The van der Waals surface area contributed by atoms with Crippen LogP contribution < -0.4 is 4.90 Å². The van der Waals surface area contributed by atoms with E-state index in [1.165, 1.54) is 11.0 Å². The number of aryl methyl sites for hydroxylation is 1. The summed E-state index contributed by atoms with van der Waals surface area (Å²) in [5, 5.41) is 5.16. The van der Waals surface area contributed by atoms with Crippen LogP contribution in [0.4, 0.5) is 10.1 Å². The molecule has 6 heteroatoms. The Morgan fingerprint density at radius 2 is 2.13 bits per heavy atom. The van der Waals surface area contributed by atoms with E-state index in [1.54, 1.807) is 17.8 Å². The fourth-order valence-corrected chi connectivity index (χ4v) is 3.52. The van der Waals surface area contributed by atoms with Gasteiger partial charge in [-0.1, -0.05) is 28.1 Å². The van der Waals surface area contributed by atoms with Gasteiger partial charge in [0.25, 0.3) is 5.91 Å². The van der Waals surface area contributed by atoms with E-state index in [-0.39, 0.29) is 11.7 Å². The van der Waals surface area contributed by atoms with Gasteiger partial charge >= 0.3 is 0 Å². The number of hydrogen-bond acceptors (Lipinski definition) is 2. The van der Waals surface area contributed by atoms with Crippen molar-refractivity contribution in [3.8, 4) is 0 Å². The van der Waals surface area contributed by atoms with Gasteiger partial charge in [0, 0.05) is 23.5 Å². The molecule has 0 atom stereocenters. The summed E-state index contributed by atoms with van der Waals surface area (Å²) < 4.78 is 16.7. The van der Waals surface area contributed by atoms with Crippen LogP contribution in [0.3, 0.4) is 0 Å². The third-order valence-corrected chi connectivity index (χ3v) is 4.68. The summed E-state index contributed by atoms with van der Waals surface area (Å²) >= 11 is 3.41. The molecule has 0 bridgehead atoms. The minimum atomic E-state index is -0.359. The summed E-state index contributed by atoms with van der Waals surface area (Å²) in [6, 6.07) is 10.5. The molecule has 1 amide bonds. The number of benzene rings is 2. The van der Waals surface area contributed by atoms with E-state index in [0.717, 1.165) is 20.9 Å². The summed E-state index contributed by atoms with van der Waals surface area (Å²) in [7, 11) is 1.74. The summed E-state index contributed by atoms with van der Waals surface area (Å²) in [4.78, 5) is 14.5. The van der Waals surface area contributed by atoms with Gasteiger partial charge in [-0.2, -0.15) is 5.10 Å². The maximum absolute atomic E-state index is 14.2. The molecule has 23 heavy (non-hydrogen) atoms. The van der Waals surface area contributed by atoms with Gasteiger partial charge in [0.1, 0.15) is 11.5 Å². The number of anilines is 1. The topological polar surface area (TPSA) is 38.1 Å². The third kappa shape index (κ3) is 2.16. The molecule has 0 saturated heterocycles. The van der Waals surface area contributed by atoms with Crippen LogP contribution in [-0.4, -0.2) is 22.2 Å². The first-order valence-electron chi connectivity index (χ1n) is 7.28. The molecule has 0 N–H and O–H groups in total. The number of amides is 1. The Labute approximate surface area is 140 Å². The Balaban J connectivity index is 1.85. The van der Waals surface area contributed by atoms with E-state index in [1.807, 2.05) is 24.3 Å². The monoisotopic (exact) mass is 373 g/mol. The van der Waals surface area contributed by atoms with Crippen LogP contribution in [0.15, 0.2) is 40.9 Å². The lowest BCUT2D eigenvalue weighted by Gasteiger charge is -2.18. The van der Waals surface area contributed by atoms with Crippen LogP contribution in [0.5, 0.6) is 0 Å². The number of nitrogens with zero attached hydrogens (tertiary/aromatic N) is 3. The highest BCUT2D eigenvalue weighted by molar-refractivity contribution is 9.10. The number of aromatic nitrogens is 2. The molecule has 0 aliphatic carbocycles. The predicted molar refractivity (Wildman–Crippen MR) is 90.2 cm³/mol. The van der Waals surface area contributed by atoms with Gasteiger partial charge in [0.05, 0.1) is 11.2 Å². The maximum atomic E-state index is 14.2. The summed E-state index contributed by atoms with van der Waals surface area (Å²) in [6.07, 6.45) is 0.667. The van der Waals surface area contributed by atoms with Crippen molar-refractivity contribution < 1.29 is 9.18 Å². The van der Waals surface area contributed by atoms with Crippen LogP contribution in [-0.2, 0) is 13.5 Å². The van der Waals surface area contributed by atoms with Gasteiger partial charge < -0.3 is 4.90 Å². The second-order valence-electron chi connectivity index (χ2n) is 5.59. The Morgan fingerprint density at radius 1 is 1.30 bits per heavy atom. The second kappa shape index (κ2) is 5.16. The van der Waals surface area contributed by atoms with Gasteiger partial charge in [-0.15, -0.1) is 0 Å². The van der Waals surface area contributed by atoms with Crippen molar-refractivity contribution in [1.29, 1.82) is 0 Å². The fourth-order valence-electron chi connectivity index (χ4n) is 3.17. The molecule has 4 nitrogen and oxygen atoms in total. The Bertz CT molecular complexity index is 950. The first-order valence-corrected chi connectivity index (χ1v) is 8.07. The number of para-hydroxylation sites is 1. The molecule has 2 heterocycles.